The summed E-state index contributed by atoms with van der Waals surface area (Å²) in [6, 6.07) is 4.21. The van der Waals surface area contributed by atoms with Gasteiger partial charge in [-0.3, -0.25) is 9.78 Å². The van der Waals surface area contributed by atoms with E-state index in [4.69, 9.17) is 17.2 Å². The topological polar surface area (TPSA) is 155 Å². The Morgan fingerprint density at radius 3 is 2.71 bits per heavy atom. The number of carbonyl (C=O) groups is 1. The Bertz CT molecular complexity index is 1420. The highest BCUT2D eigenvalue weighted by Gasteiger charge is 2.35. The van der Waals surface area contributed by atoms with Crippen molar-refractivity contribution >= 4 is 28.6 Å². The Morgan fingerprint density at radius 2 is 1.94 bits per heavy atom. The molecule has 1 aliphatic rings. The molecule has 5 rings (SSSR count). The lowest BCUT2D eigenvalue weighted by Crippen LogP contribution is -2.58. The van der Waals surface area contributed by atoms with E-state index < -0.39 is 29.6 Å². The van der Waals surface area contributed by atoms with Crippen LogP contribution in [0.15, 0.2) is 43.1 Å². The summed E-state index contributed by atoms with van der Waals surface area (Å²) in [5.41, 5.74) is 21.1. The molecule has 4 aromatic rings. The molecule has 0 bridgehead atoms. The molecule has 0 aliphatic carbocycles. The number of pyridine rings is 1. The van der Waals surface area contributed by atoms with Crippen molar-refractivity contribution in [3.63, 3.8) is 0 Å². The Balaban J connectivity index is 1.64. The fourth-order valence-corrected chi connectivity index (χ4v) is 4.55. The molecule has 35 heavy (non-hydrogen) atoms. The lowest BCUT2D eigenvalue weighted by Gasteiger charge is -2.40. The quantitative estimate of drug-likeness (QED) is 0.390. The number of hydrogen-bond donors (Lipinski definition) is 3. The smallest absolute Gasteiger partial charge is 0.241 e. The average Bonchev–Trinajstić information content (AvgIpc) is 3.24. The molecule has 1 amide bonds. The van der Waals surface area contributed by atoms with Crippen LogP contribution < -0.4 is 22.1 Å². The van der Waals surface area contributed by atoms with E-state index >= 15 is 0 Å². The average molecular weight is 479 g/mol. The number of hydrogen-bond acceptors (Lipinski definition) is 8. The summed E-state index contributed by atoms with van der Waals surface area (Å²) in [4.78, 5) is 31.2. The fraction of sp³-hybridized carbons (Fsp3) is 0.261. The molecular formula is C23H23F2N9O. The first kappa shape index (κ1) is 22.6. The summed E-state index contributed by atoms with van der Waals surface area (Å²) in [7, 11) is 0. The molecule has 10 nitrogen and oxygen atoms in total. The maximum Gasteiger partial charge on any atom is 0.241 e. The van der Waals surface area contributed by atoms with Crippen LogP contribution in [0.5, 0.6) is 0 Å². The first-order valence-corrected chi connectivity index (χ1v) is 11.0. The van der Waals surface area contributed by atoms with E-state index in [1.807, 2.05) is 4.90 Å². The zero-order valence-corrected chi connectivity index (χ0v) is 18.6. The maximum absolute atomic E-state index is 13.9. The number of piperidine rings is 1. The number of fused-ring (bicyclic) bond motifs is 1. The van der Waals surface area contributed by atoms with Crippen LogP contribution in [0.2, 0.25) is 0 Å². The zero-order valence-electron chi connectivity index (χ0n) is 18.6. The Hall–Kier alpha value is -4.19. The van der Waals surface area contributed by atoms with Gasteiger partial charge in [-0.2, -0.15) is 0 Å². The van der Waals surface area contributed by atoms with E-state index in [-0.39, 0.29) is 12.4 Å². The second-order valence-electron chi connectivity index (χ2n) is 8.48. The van der Waals surface area contributed by atoms with Gasteiger partial charge >= 0.3 is 0 Å². The number of amides is 1. The minimum Gasteiger partial charge on any atom is -0.382 e. The van der Waals surface area contributed by atoms with Gasteiger partial charge in [0.25, 0.3) is 0 Å². The van der Waals surface area contributed by atoms with Crippen molar-refractivity contribution in [3.8, 4) is 11.3 Å². The number of aromatic nitrogens is 5. The number of imidazole rings is 1. The Kier molecular flexibility index (Phi) is 5.73. The van der Waals surface area contributed by atoms with E-state index in [0.29, 0.717) is 41.1 Å². The van der Waals surface area contributed by atoms with Crippen molar-refractivity contribution in [2.75, 3.05) is 17.2 Å². The second kappa shape index (κ2) is 8.87. The molecule has 0 unspecified atom stereocenters. The predicted molar refractivity (Wildman–Crippen MR) is 126 cm³/mol. The van der Waals surface area contributed by atoms with Crippen LogP contribution in [0.1, 0.15) is 18.4 Å². The minimum atomic E-state index is -0.974. The van der Waals surface area contributed by atoms with Gasteiger partial charge in [-0.1, -0.05) is 0 Å². The standard InChI is InChI=1S/C23H23F2N9O/c24-14-4-3-12(6-15(14)25)17-7-13(9-33-11-32-19-21(27)30-10-31-23(19)33)18(8-29-17)34-5-1-2-16(26)20(34)22(28)35/h3-4,6-8,10-11,16,20H,1-2,5,9,26H2,(H2,28,35)(H2,27,30,31)/t16-,20+/m1/s1. The largest absolute Gasteiger partial charge is 0.382 e. The molecule has 0 radical (unpaired) electrons. The molecule has 1 saturated heterocycles. The highest BCUT2D eigenvalue weighted by molar-refractivity contribution is 5.85. The van der Waals surface area contributed by atoms with Gasteiger partial charge in [0.15, 0.2) is 23.1 Å². The van der Waals surface area contributed by atoms with Crippen molar-refractivity contribution in [2.24, 2.45) is 11.5 Å². The Labute approximate surface area is 198 Å². The normalized spacial score (nSPS) is 18.2. The maximum atomic E-state index is 13.9. The van der Waals surface area contributed by atoms with Crippen LogP contribution in [0.25, 0.3) is 22.4 Å². The molecule has 3 aromatic heterocycles. The van der Waals surface area contributed by atoms with Crippen LogP contribution >= 0.6 is 0 Å². The molecule has 180 valence electrons. The van der Waals surface area contributed by atoms with Crippen LogP contribution in [0.3, 0.4) is 0 Å². The van der Waals surface area contributed by atoms with Crippen molar-refractivity contribution < 1.29 is 13.6 Å². The van der Waals surface area contributed by atoms with Crippen LogP contribution in [0, 0.1) is 11.6 Å². The lowest BCUT2D eigenvalue weighted by atomic mass is 9.95. The number of carbonyl (C=O) groups excluding carboxylic acids is 1. The number of nitrogen functional groups attached to an aromatic ring is 1. The molecule has 6 N–H and O–H groups in total. The molecule has 12 heteroatoms. The summed E-state index contributed by atoms with van der Waals surface area (Å²) in [5.74, 6) is -2.19. The second-order valence-corrected chi connectivity index (χ2v) is 8.48. The number of nitrogens with zero attached hydrogens (tertiary/aromatic N) is 6. The van der Waals surface area contributed by atoms with E-state index in [2.05, 4.69) is 19.9 Å². The van der Waals surface area contributed by atoms with Crippen LogP contribution in [-0.2, 0) is 11.3 Å². The molecule has 1 aromatic carbocycles. The first-order valence-electron chi connectivity index (χ1n) is 11.0. The molecule has 0 saturated carbocycles. The van der Waals surface area contributed by atoms with Crippen molar-refractivity contribution in [2.45, 2.75) is 31.5 Å². The molecule has 4 heterocycles. The highest BCUT2D eigenvalue weighted by Crippen LogP contribution is 2.32. The third kappa shape index (κ3) is 4.12. The Morgan fingerprint density at radius 1 is 1.11 bits per heavy atom. The highest BCUT2D eigenvalue weighted by atomic mass is 19.2. The third-order valence-electron chi connectivity index (χ3n) is 6.23. The van der Waals surface area contributed by atoms with Gasteiger partial charge in [0.2, 0.25) is 5.91 Å². The van der Waals surface area contributed by atoms with Crippen LogP contribution in [-0.4, -0.2) is 49.0 Å². The van der Waals surface area contributed by atoms with Gasteiger partial charge in [0.1, 0.15) is 17.9 Å². The number of nitrogens with two attached hydrogens (primary N) is 3. The number of rotatable bonds is 5. The fourth-order valence-electron chi connectivity index (χ4n) is 4.55. The predicted octanol–water partition coefficient (Wildman–Crippen LogP) is 1.58. The molecular weight excluding hydrogens is 456 g/mol. The van der Waals surface area contributed by atoms with Gasteiger partial charge in [-0.15, -0.1) is 0 Å². The minimum absolute atomic E-state index is 0.252. The molecule has 0 spiro atoms. The number of halogens is 2. The summed E-state index contributed by atoms with van der Waals surface area (Å²) < 4.78 is 29.2. The van der Waals surface area contributed by atoms with Gasteiger partial charge in [-0.25, -0.2) is 23.7 Å². The third-order valence-corrected chi connectivity index (χ3v) is 6.23. The summed E-state index contributed by atoms with van der Waals surface area (Å²) in [6.07, 6.45) is 5.98. The van der Waals surface area contributed by atoms with E-state index in [0.717, 1.165) is 24.1 Å². The van der Waals surface area contributed by atoms with Gasteiger partial charge in [0, 0.05) is 18.2 Å². The van der Waals surface area contributed by atoms with Crippen LogP contribution in [0.4, 0.5) is 20.3 Å². The first-order chi connectivity index (χ1) is 16.8. The zero-order chi connectivity index (χ0) is 24.7. The number of anilines is 2. The molecule has 2 atom stereocenters. The number of benzene rings is 1. The van der Waals surface area contributed by atoms with Gasteiger partial charge in [-0.05, 0) is 42.7 Å². The SMILES string of the molecule is NC(=O)[C@@H]1[C@H](N)CCCN1c1cnc(-c2ccc(F)c(F)c2)cc1Cn1cnc2c(N)ncnc21. The number of primary amides is 1. The van der Waals surface area contributed by atoms with Gasteiger partial charge in [0.05, 0.1) is 30.5 Å². The summed E-state index contributed by atoms with van der Waals surface area (Å²) >= 11 is 0. The van der Waals surface area contributed by atoms with Crippen molar-refractivity contribution in [3.05, 3.63) is 60.3 Å². The molecule has 1 aliphatic heterocycles. The van der Waals surface area contributed by atoms with Gasteiger partial charge < -0.3 is 26.7 Å². The van der Waals surface area contributed by atoms with E-state index in [1.54, 1.807) is 23.2 Å². The monoisotopic (exact) mass is 479 g/mol. The van der Waals surface area contributed by atoms with Crippen molar-refractivity contribution in [1.29, 1.82) is 0 Å². The molecule has 1 fully saturated rings. The lowest BCUT2D eigenvalue weighted by molar-refractivity contribution is -0.120. The summed E-state index contributed by atoms with van der Waals surface area (Å²) in [6.45, 7) is 0.832. The van der Waals surface area contributed by atoms with Crippen molar-refractivity contribution in [1.82, 2.24) is 24.5 Å². The summed E-state index contributed by atoms with van der Waals surface area (Å²) in [5, 5.41) is 0. The van der Waals surface area contributed by atoms with E-state index in [9.17, 15) is 13.6 Å². The van der Waals surface area contributed by atoms with E-state index in [1.165, 1.54) is 12.4 Å².